The smallest absolute Gasteiger partial charge is 0.154 e. The molecule has 0 bridgehead atoms. The molecule has 2 aromatic rings. The van der Waals surface area contributed by atoms with E-state index in [-0.39, 0.29) is 6.04 Å². The lowest BCUT2D eigenvalue weighted by molar-refractivity contribution is 0.488. The summed E-state index contributed by atoms with van der Waals surface area (Å²) < 4.78 is 1.95. The molecule has 0 spiro atoms. The van der Waals surface area contributed by atoms with Gasteiger partial charge < -0.3 is 5.73 Å². The molecule has 0 amide bonds. The van der Waals surface area contributed by atoms with Crippen molar-refractivity contribution in [3.8, 4) is 5.69 Å². The van der Waals surface area contributed by atoms with Gasteiger partial charge in [-0.3, -0.25) is 4.57 Å². The zero-order valence-electron chi connectivity index (χ0n) is 10.2. The van der Waals surface area contributed by atoms with Gasteiger partial charge in [-0.2, -0.15) is 0 Å². The summed E-state index contributed by atoms with van der Waals surface area (Å²) in [7, 11) is 0. The Morgan fingerprint density at radius 2 is 1.94 bits per heavy atom. The fourth-order valence-electron chi connectivity index (χ4n) is 1.90. The highest BCUT2D eigenvalue weighted by Crippen LogP contribution is 2.19. The Bertz CT molecular complexity index is 461. The lowest BCUT2D eigenvalue weighted by Gasteiger charge is -2.14. The molecule has 0 aliphatic heterocycles. The van der Waals surface area contributed by atoms with Crippen molar-refractivity contribution in [2.24, 2.45) is 11.7 Å². The molecule has 90 valence electrons. The maximum absolute atomic E-state index is 6.16. The molecule has 0 aliphatic rings. The first-order valence-corrected chi connectivity index (χ1v) is 5.89. The van der Waals surface area contributed by atoms with Crippen LogP contribution in [0.15, 0.2) is 36.7 Å². The van der Waals surface area contributed by atoms with E-state index < -0.39 is 0 Å². The molecule has 4 nitrogen and oxygen atoms in total. The lowest BCUT2D eigenvalue weighted by Crippen LogP contribution is -2.17. The molecular weight excluding hydrogens is 212 g/mol. The van der Waals surface area contributed by atoms with Gasteiger partial charge in [-0.15, -0.1) is 10.2 Å². The van der Waals surface area contributed by atoms with Gasteiger partial charge in [0, 0.05) is 5.69 Å². The zero-order valence-corrected chi connectivity index (χ0v) is 10.2. The summed E-state index contributed by atoms with van der Waals surface area (Å²) in [5, 5.41) is 8.09. The normalized spacial score (nSPS) is 12.9. The molecule has 0 unspecified atom stereocenters. The quantitative estimate of drug-likeness (QED) is 0.876. The van der Waals surface area contributed by atoms with Crippen LogP contribution in [0.5, 0.6) is 0 Å². The van der Waals surface area contributed by atoms with Crippen LogP contribution in [0.1, 0.15) is 32.1 Å². The Hall–Kier alpha value is -1.68. The van der Waals surface area contributed by atoms with E-state index >= 15 is 0 Å². The van der Waals surface area contributed by atoms with Gasteiger partial charge >= 0.3 is 0 Å². The first-order chi connectivity index (χ1) is 8.18. The Morgan fingerprint density at radius 3 is 2.59 bits per heavy atom. The number of rotatable bonds is 4. The van der Waals surface area contributed by atoms with Gasteiger partial charge in [-0.05, 0) is 24.5 Å². The lowest BCUT2D eigenvalue weighted by atomic mass is 10.0. The molecule has 0 fully saturated rings. The predicted molar refractivity (Wildman–Crippen MR) is 67.7 cm³/mol. The van der Waals surface area contributed by atoms with Gasteiger partial charge in [-0.25, -0.2) is 0 Å². The van der Waals surface area contributed by atoms with Crippen molar-refractivity contribution >= 4 is 0 Å². The minimum atomic E-state index is -0.0716. The second-order valence-corrected chi connectivity index (χ2v) is 4.63. The molecule has 4 heteroatoms. The van der Waals surface area contributed by atoms with Crippen molar-refractivity contribution in [2.75, 3.05) is 0 Å². The van der Waals surface area contributed by atoms with E-state index in [0.717, 1.165) is 17.9 Å². The van der Waals surface area contributed by atoms with E-state index in [1.807, 2.05) is 34.9 Å². The third-order valence-corrected chi connectivity index (χ3v) is 2.67. The summed E-state index contributed by atoms with van der Waals surface area (Å²) in [6.45, 7) is 4.31. The van der Waals surface area contributed by atoms with E-state index in [1.165, 1.54) is 0 Å². The molecule has 0 radical (unpaired) electrons. The van der Waals surface area contributed by atoms with Crippen molar-refractivity contribution in [1.29, 1.82) is 0 Å². The molecule has 0 saturated heterocycles. The summed E-state index contributed by atoms with van der Waals surface area (Å²) in [5.41, 5.74) is 7.20. The van der Waals surface area contributed by atoms with Crippen LogP contribution in [-0.4, -0.2) is 14.8 Å². The van der Waals surface area contributed by atoms with Crippen LogP contribution in [-0.2, 0) is 0 Å². The van der Waals surface area contributed by atoms with E-state index in [1.54, 1.807) is 6.33 Å². The highest BCUT2D eigenvalue weighted by molar-refractivity contribution is 5.32. The molecule has 2 N–H and O–H groups in total. The van der Waals surface area contributed by atoms with E-state index in [0.29, 0.717) is 5.92 Å². The highest BCUT2D eigenvalue weighted by Gasteiger charge is 2.15. The standard InChI is InChI=1S/C13H18N4/c1-10(2)8-12(14)13-16-15-9-17(13)11-6-4-3-5-7-11/h3-7,9-10,12H,8,14H2,1-2H3/t12-/m1/s1. The van der Waals surface area contributed by atoms with Crippen molar-refractivity contribution in [2.45, 2.75) is 26.3 Å². The van der Waals surface area contributed by atoms with Gasteiger partial charge in [0.2, 0.25) is 0 Å². The average Bonchev–Trinajstić information content (AvgIpc) is 2.78. The fraction of sp³-hybridized carbons (Fsp3) is 0.385. The largest absolute Gasteiger partial charge is 0.321 e. The first-order valence-electron chi connectivity index (χ1n) is 5.89. The molecule has 1 atom stereocenters. The fourth-order valence-corrected chi connectivity index (χ4v) is 1.90. The first kappa shape index (κ1) is 11.8. The van der Waals surface area contributed by atoms with Gasteiger partial charge in [-0.1, -0.05) is 32.0 Å². The minimum Gasteiger partial charge on any atom is -0.321 e. The molecule has 17 heavy (non-hydrogen) atoms. The maximum atomic E-state index is 6.16. The minimum absolute atomic E-state index is 0.0716. The maximum Gasteiger partial charge on any atom is 0.154 e. The summed E-state index contributed by atoms with van der Waals surface area (Å²) in [6, 6.07) is 9.95. The number of benzene rings is 1. The molecule has 1 aromatic carbocycles. The van der Waals surface area contributed by atoms with Gasteiger partial charge in [0.05, 0.1) is 6.04 Å². The number of nitrogens with two attached hydrogens (primary N) is 1. The number of nitrogens with zero attached hydrogens (tertiary/aromatic N) is 3. The second-order valence-electron chi connectivity index (χ2n) is 4.63. The van der Waals surface area contributed by atoms with Crippen molar-refractivity contribution in [3.05, 3.63) is 42.5 Å². The molecule has 0 saturated carbocycles. The number of hydrogen-bond donors (Lipinski definition) is 1. The van der Waals surface area contributed by atoms with Crippen molar-refractivity contribution < 1.29 is 0 Å². The van der Waals surface area contributed by atoms with Gasteiger partial charge in [0.25, 0.3) is 0 Å². The second kappa shape index (κ2) is 5.10. The Morgan fingerprint density at radius 1 is 1.24 bits per heavy atom. The van der Waals surface area contributed by atoms with E-state index in [4.69, 9.17) is 5.73 Å². The molecule has 1 aromatic heterocycles. The number of aromatic nitrogens is 3. The number of hydrogen-bond acceptors (Lipinski definition) is 3. The van der Waals surface area contributed by atoms with E-state index in [9.17, 15) is 0 Å². The van der Waals surface area contributed by atoms with Crippen LogP contribution in [0.4, 0.5) is 0 Å². The van der Waals surface area contributed by atoms with Crippen molar-refractivity contribution in [3.63, 3.8) is 0 Å². The summed E-state index contributed by atoms with van der Waals surface area (Å²) in [4.78, 5) is 0. The van der Waals surface area contributed by atoms with Crippen molar-refractivity contribution in [1.82, 2.24) is 14.8 Å². The van der Waals surface area contributed by atoms with Crippen LogP contribution in [0.25, 0.3) is 5.69 Å². The summed E-state index contributed by atoms with van der Waals surface area (Å²) >= 11 is 0. The third-order valence-electron chi connectivity index (χ3n) is 2.67. The van der Waals surface area contributed by atoms with Gasteiger partial charge in [0.15, 0.2) is 5.82 Å². The summed E-state index contributed by atoms with van der Waals surface area (Å²) in [5.74, 6) is 1.37. The zero-order chi connectivity index (χ0) is 12.3. The van der Waals surface area contributed by atoms with Crippen LogP contribution in [0, 0.1) is 5.92 Å². The van der Waals surface area contributed by atoms with Gasteiger partial charge in [0.1, 0.15) is 6.33 Å². The third kappa shape index (κ3) is 2.71. The molecule has 0 aliphatic carbocycles. The Labute approximate surface area is 101 Å². The topological polar surface area (TPSA) is 56.7 Å². The Kier molecular flexibility index (Phi) is 3.54. The summed E-state index contributed by atoms with van der Waals surface area (Å²) in [6.07, 6.45) is 2.62. The Balaban J connectivity index is 2.29. The van der Waals surface area contributed by atoms with Crippen LogP contribution >= 0.6 is 0 Å². The monoisotopic (exact) mass is 230 g/mol. The van der Waals surface area contributed by atoms with Crippen LogP contribution in [0.2, 0.25) is 0 Å². The van der Waals surface area contributed by atoms with Crippen LogP contribution < -0.4 is 5.73 Å². The van der Waals surface area contributed by atoms with Crippen LogP contribution in [0.3, 0.4) is 0 Å². The molecule has 1 heterocycles. The SMILES string of the molecule is CC(C)C[C@@H](N)c1nncn1-c1ccccc1. The molecular formula is C13H18N4. The van der Waals surface area contributed by atoms with E-state index in [2.05, 4.69) is 24.0 Å². The average molecular weight is 230 g/mol. The predicted octanol–water partition coefficient (Wildman–Crippen LogP) is 2.31. The number of para-hydroxylation sites is 1. The molecule has 2 rings (SSSR count). The highest BCUT2D eigenvalue weighted by atomic mass is 15.3.